The molecule has 2 fully saturated rings. The first-order chi connectivity index (χ1) is 9.65. The van der Waals surface area contributed by atoms with E-state index in [9.17, 15) is 9.18 Å². The Balaban J connectivity index is 1.85. The normalized spacial score (nSPS) is 28.1. The van der Waals surface area contributed by atoms with Crippen molar-refractivity contribution >= 4 is 5.91 Å². The van der Waals surface area contributed by atoms with Crippen LogP contribution in [0, 0.1) is 5.82 Å². The molecule has 3 rings (SSSR count). The number of nitrogens with one attached hydrogen (secondary N) is 1. The van der Waals surface area contributed by atoms with Crippen LogP contribution in [0.1, 0.15) is 24.6 Å². The second-order valence-corrected chi connectivity index (χ2v) is 5.70. The number of likely N-dealkylation sites (N-methyl/N-ethyl adjacent to an activating group) is 1. The molecule has 2 aliphatic heterocycles. The molecule has 2 aliphatic rings. The Morgan fingerprint density at radius 1 is 1.40 bits per heavy atom. The van der Waals surface area contributed by atoms with Gasteiger partial charge in [-0.3, -0.25) is 10.1 Å². The van der Waals surface area contributed by atoms with E-state index < -0.39 is 0 Å². The van der Waals surface area contributed by atoms with Crippen molar-refractivity contribution in [3.63, 3.8) is 0 Å². The predicted octanol–water partition coefficient (Wildman–Crippen LogP) is 1.35. The SMILES string of the molecule is CN1CCCC(N2C(=O)CNC2c2cccc(F)c2)C1. The van der Waals surface area contributed by atoms with Gasteiger partial charge in [0.25, 0.3) is 0 Å². The molecule has 2 saturated heterocycles. The standard InChI is InChI=1S/C15H20FN3O/c1-18-7-3-6-13(10-18)19-14(20)9-17-15(19)11-4-2-5-12(16)8-11/h2,4-5,8,13,15,17H,3,6-7,9-10H2,1H3. The second kappa shape index (κ2) is 5.50. The van der Waals surface area contributed by atoms with Gasteiger partial charge in [0.2, 0.25) is 5.91 Å². The Morgan fingerprint density at radius 3 is 3.00 bits per heavy atom. The number of benzene rings is 1. The molecular weight excluding hydrogens is 257 g/mol. The molecule has 0 spiro atoms. The van der Waals surface area contributed by atoms with Crippen molar-refractivity contribution in [2.24, 2.45) is 0 Å². The molecule has 108 valence electrons. The average Bonchev–Trinajstić information content (AvgIpc) is 2.80. The molecule has 5 heteroatoms. The highest BCUT2D eigenvalue weighted by Crippen LogP contribution is 2.28. The highest BCUT2D eigenvalue weighted by molar-refractivity contribution is 5.81. The molecule has 0 bridgehead atoms. The zero-order valence-corrected chi connectivity index (χ0v) is 11.7. The first-order valence-electron chi connectivity index (χ1n) is 7.14. The third kappa shape index (κ3) is 2.55. The lowest BCUT2D eigenvalue weighted by molar-refractivity contribution is -0.131. The number of likely N-dealkylation sites (tertiary alicyclic amines) is 1. The van der Waals surface area contributed by atoms with Crippen LogP contribution in [0.15, 0.2) is 24.3 Å². The van der Waals surface area contributed by atoms with Crippen LogP contribution >= 0.6 is 0 Å². The Bertz CT molecular complexity index is 508. The Labute approximate surface area is 118 Å². The van der Waals surface area contributed by atoms with E-state index in [2.05, 4.69) is 17.3 Å². The summed E-state index contributed by atoms with van der Waals surface area (Å²) < 4.78 is 13.4. The molecule has 20 heavy (non-hydrogen) atoms. The van der Waals surface area contributed by atoms with Crippen molar-refractivity contribution in [1.82, 2.24) is 15.1 Å². The third-order valence-corrected chi connectivity index (χ3v) is 4.17. The van der Waals surface area contributed by atoms with E-state index >= 15 is 0 Å². The van der Waals surface area contributed by atoms with E-state index in [4.69, 9.17) is 0 Å². The monoisotopic (exact) mass is 277 g/mol. The second-order valence-electron chi connectivity index (χ2n) is 5.70. The fourth-order valence-electron chi connectivity index (χ4n) is 3.25. The van der Waals surface area contributed by atoms with E-state index in [-0.39, 0.29) is 23.9 Å². The van der Waals surface area contributed by atoms with Gasteiger partial charge >= 0.3 is 0 Å². The van der Waals surface area contributed by atoms with E-state index in [1.54, 1.807) is 6.07 Å². The lowest BCUT2D eigenvalue weighted by atomic mass is 10.0. The fourth-order valence-corrected chi connectivity index (χ4v) is 3.25. The molecule has 2 atom stereocenters. The number of halogens is 1. The maximum atomic E-state index is 13.4. The lowest BCUT2D eigenvalue weighted by Crippen LogP contribution is -2.48. The summed E-state index contributed by atoms with van der Waals surface area (Å²) in [4.78, 5) is 16.4. The van der Waals surface area contributed by atoms with Gasteiger partial charge in [0.15, 0.2) is 0 Å². The van der Waals surface area contributed by atoms with Crippen molar-refractivity contribution in [3.8, 4) is 0 Å². The van der Waals surface area contributed by atoms with Gasteiger partial charge in [-0.25, -0.2) is 4.39 Å². The number of hydrogen-bond donors (Lipinski definition) is 1. The topological polar surface area (TPSA) is 35.6 Å². The smallest absolute Gasteiger partial charge is 0.238 e. The summed E-state index contributed by atoms with van der Waals surface area (Å²) in [5, 5.41) is 3.20. The number of nitrogens with zero attached hydrogens (tertiary/aromatic N) is 2. The van der Waals surface area contributed by atoms with Crippen LogP contribution in [0.5, 0.6) is 0 Å². The fraction of sp³-hybridized carbons (Fsp3) is 0.533. The largest absolute Gasteiger partial charge is 0.318 e. The summed E-state index contributed by atoms with van der Waals surface area (Å²) in [6.07, 6.45) is 1.92. The van der Waals surface area contributed by atoms with Crippen molar-refractivity contribution in [1.29, 1.82) is 0 Å². The van der Waals surface area contributed by atoms with Crippen LogP contribution in [-0.4, -0.2) is 48.4 Å². The van der Waals surface area contributed by atoms with Crippen molar-refractivity contribution in [3.05, 3.63) is 35.6 Å². The van der Waals surface area contributed by atoms with Crippen LogP contribution in [0.4, 0.5) is 4.39 Å². The summed E-state index contributed by atoms with van der Waals surface area (Å²) >= 11 is 0. The van der Waals surface area contributed by atoms with Gasteiger partial charge in [-0.05, 0) is 44.1 Å². The van der Waals surface area contributed by atoms with Gasteiger partial charge < -0.3 is 9.80 Å². The molecule has 1 N–H and O–H groups in total. The maximum absolute atomic E-state index is 13.4. The maximum Gasteiger partial charge on any atom is 0.238 e. The van der Waals surface area contributed by atoms with Crippen LogP contribution in [0.3, 0.4) is 0 Å². The number of hydrogen-bond acceptors (Lipinski definition) is 3. The number of piperidine rings is 1. The highest BCUT2D eigenvalue weighted by Gasteiger charge is 2.38. The minimum atomic E-state index is -0.260. The quantitative estimate of drug-likeness (QED) is 0.886. The van der Waals surface area contributed by atoms with Crippen molar-refractivity contribution < 1.29 is 9.18 Å². The molecule has 2 unspecified atom stereocenters. The highest BCUT2D eigenvalue weighted by atomic mass is 19.1. The molecule has 4 nitrogen and oxygen atoms in total. The van der Waals surface area contributed by atoms with Gasteiger partial charge in [0, 0.05) is 12.6 Å². The summed E-state index contributed by atoms with van der Waals surface area (Å²) in [6, 6.07) is 6.72. The first kappa shape index (κ1) is 13.5. The predicted molar refractivity (Wildman–Crippen MR) is 74.5 cm³/mol. The van der Waals surface area contributed by atoms with Crippen LogP contribution in [-0.2, 0) is 4.79 Å². The molecule has 2 heterocycles. The molecule has 0 saturated carbocycles. The Hall–Kier alpha value is -1.46. The number of carbonyl (C=O) groups excluding carboxylic acids is 1. The van der Waals surface area contributed by atoms with Crippen LogP contribution in [0.2, 0.25) is 0 Å². The van der Waals surface area contributed by atoms with Crippen molar-refractivity contribution in [2.75, 3.05) is 26.7 Å². The van der Waals surface area contributed by atoms with Gasteiger partial charge in [-0.1, -0.05) is 12.1 Å². The lowest BCUT2D eigenvalue weighted by Gasteiger charge is -2.38. The first-order valence-corrected chi connectivity index (χ1v) is 7.14. The van der Waals surface area contributed by atoms with Gasteiger partial charge in [0.1, 0.15) is 12.0 Å². The van der Waals surface area contributed by atoms with Crippen molar-refractivity contribution in [2.45, 2.75) is 25.0 Å². The van der Waals surface area contributed by atoms with E-state index in [1.807, 2.05) is 11.0 Å². The molecule has 0 radical (unpaired) electrons. The molecular formula is C15H20FN3O. The number of amides is 1. The minimum Gasteiger partial charge on any atom is -0.318 e. The number of rotatable bonds is 2. The Kier molecular flexibility index (Phi) is 3.72. The summed E-state index contributed by atoms with van der Waals surface area (Å²) in [7, 11) is 2.08. The van der Waals surface area contributed by atoms with Gasteiger partial charge in [-0.15, -0.1) is 0 Å². The zero-order chi connectivity index (χ0) is 14.1. The van der Waals surface area contributed by atoms with E-state index in [0.29, 0.717) is 6.54 Å². The van der Waals surface area contributed by atoms with Crippen LogP contribution < -0.4 is 5.32 Å². The van der Waals surface area contributed by atoms with Gasteiger partial charge in [0.05, 0.1) is 6.54 Å². The zero-order valence-electron chi connectivity index (χ0n) is 11.7. The van der Waals surface area contributed by atoms with Crippen LogP contribution in [0.25, 0.3) is 0 Å². The molecule has 1 amide bonds. The van der Waals surface area contributed by atoms with E-state index in [0.717, 1.165) is 31.5 Å². The Morgan fingerprint density at radius 2 is 2.25 bits per heavy atom. The van der Waals surface area contributed by atoms with Gasteiger partial charge in [-0.2, -0.15) is 0 Å². The third-order valence-electron chi connectivity index (χ3n) is 4.17. The summed E-state index contributed by atoms with van der Waals surface area (Å²) in [5.74, 6) is -0.149. The molecule has 0 aliphatic carbocycles. The molecule has 0 aromatic heterocycles. The average molecular weight is 277 g/mol. The molecule has 1 aromatic rings. The molecule has 1 aromatic carbocycles. The summed E-state index contributed by atoms with van der Waals surface area (Å²) in [6.45, 7) is 2.30. The number of carbonyl (C=O) groups is 1. The minimum absolute atomic E-state index is 0.111. The van der Waals surface area contributed by atoms with E-state index in [1.165, 1.54) is 12.1 Å². The summed E-state index contributed by atoms with van der Waals surface area (Å²) in [5.41, 5.74) is 0.823.